The fourth-order valence-corrected chi connectivity index (χ4v) is 5.31. The molecule has 2 aromatic carbocycles. The largest absolute Gasteiger partial charge is 0.340 e. The molecule has 5 rings (SSSR count). The molecule has 5 nitrogen and oxygen atoms in total. The van der Waals surface area contributed by atoms with E-state index in [1.165, 1.54) is 12.2 Å². The molecular weight excluding hydrogens is 455 g/mol. The fraction of sp³-hybridized carbons (Fsp3) is 0.333. The van der Waals surface area contributed by atoms with Crippen LogP contribution in [0.25, 0.3) is 17.0 Å². The molecule has 2 fully saturated rings. The van der Waals surface area contributed by atoms with Gasteiger partial charge in [0.25, 0.3) is 5.91 Å². The van der Waals surface area contributed by atoms with Gasteiger partial charge in [0.15, 0.2) is 17.5 Å². The summed E-state index contributed by atoms with van der Waals surface area (Å²) in [4.78, 5) is 29.5. The predicted molar refractivity (Wildman–Crippen MR) is 127 cm³/mol. The molecule has 2 saturated heterocycles. The molecule has 2 aliphatic rings. The van der Waals surface area contributed by atoms with Crippen molar-refractivity contribution >= 4 is 28.8 Å². The number of halogens is 3. The molecule has 0 bridgehead atoms. The van der Waals surface area contributed by atoms with E-state index in [1.807, 2.05) is 46.8 Å². The molecule has 182 valence electrons. The first kappa shape index (κ1) is 23.2. The SMILES string of the molecule is Cn1c(C(=O)N2CCC3(CCN(C(=O)C=Cc4ccc(F)c(F)c4F)C3)CC2)cc2ccccc21. The number of para-hydroxylation sites is 1. The Kier molecular flexibility index (Phi) is 5.91. The molecule has 0 saturated carbocycles. The van der Waals surface area contributed by atoms with Crippen LogP contribution in [0.15, 0.2) is 48.5 Å². The average Bonchev–Trinajstić information content (AvgIpc) is 3.43. The number of aromatic nitrogens is 1. The van der Waals surface area contributed by atoms with Gasteiger partial charge in [0.2, 0.25) is 5.91 Å². The van der Waals surface area contributed by atoms with E-state index in [0.29, 0.717) is 31.9 Å². The lowest BCUT2D eigenvalue weighted by Crippen LogP contribution is -2.45. The van der Waals surface area contributed by atoms with Crippen molar-refractivity contribution < 1.29 is 22.8 Å². The van der Waals surface area contributed by atoms with Crippen LogP contribution in [0.2, 0.25) is 0 Å². The number of carbonyl (C=O) groups is 2. The summed E-state index contributed by atoms with van der Waals surface area (Å²) in [5, 5.41) is 1.04. The number of likely N-dealkylation sites (tertiary alicyclic amines) is 2. The first-order chi connectivity index (χ1) is 16.8. The van der Waals surface area contributed by atoms with Gasteiger partial charge in [0, 0.05) is 55.8 Å². The van der Waals surface area contributed by atoms with Crippen LogP contribution in [0, 0.1) is 22.9 Å². The monoisotopic (exact) mass is 481 g/mol. The molecule has 1 spiro atoms. The van der Waals surface area contributed by atoms with Crippen LogP contribution in [0.1, 0.15) is 35.3 Å². The maximum absolute atomic E-state index is 13.9. The number of benzene rings is 2. The first-order valence-electron chi connectivity index (χ1n) is 11.7. The van der Waals surface area contributed by atoms with Crippen LogP contribution in [0.5, 0.6) is 0 Å². The lowest BCUT2D eigenvalue weighted by atomic mass is 9.77. The maximum Gasteiger partial charge on any atom is 0.270 e. The molecule has 1 aromatic heterocycles. The van der Waals surface area contributed by atoms with E-state index >= 15 is 0 Å². The molecule has 3 aromatic rings. The van der Waals surface area contributed by atoms with Gasteiger partial charge in [0.1, 0.15) is 5.69 Å². The third-order valence-electron chi connectivity index (χ3n) is 7.50. The van der Waals surface area contributed by atoms with Crippen molar-refractivity contribution in [3.05, 3.63) is 77.2 Å². The standard InChI is InChI=1S/C27H26F3N3O2/c1-31-21-5-3-2-4-19(21)16-22(31)26(35)32-13-10-27(11-14-32)12-15-33(17-27)23(34)9-7-18-6-8-20(28)25(30)24(18)29/h2-9,16H,10-15,17H2,1H3. The highest BCUT2D eigenvalue weighted by atomic mass is 19.2. The predicted octanol–water partition coefficient (Wildman–Crippen LogP) is 4.76. The second-order valence-electron chi connectivity index (χ2n) is 9.55. The third kappa shape index (κ3) is 4.22. The molecular formula is C27H26F3N3O2. The molecule has 8 heteroatoms. The van der Waals surface area contributed by atoms with Crippen molar-refractivity contribution in [3.63, 3.8) is 0 Å². The minimum absolute atomic E-state index is 0.0148. The highest BCUT2D eigenvalue weighted by molar-refractivity contribution is 5.98. The Balaban J connectivity index is 1.21. The van der Waals surface area contributed by atoms with E-state index in [9.17, 15) is 22.8 Å². The first-order valence-corrected chi connectivity index (χ1v) is 11.7. The van der Waals surface area contributed by atoms with E-state index in [4.69, 9.17) is 0 Å². The number of hydrogen-bond donors (Lipinski definition) is 0. The van der Waals surface area contributed by atoms with Crippen LogP contribution in [-0.2, 0) is 11.8 Å². The topological polar surface area (TPSA) is 45.6 Å². The number of aryl methyl sites for hydroxylation is 1. The Hall–Kier alpha value is -3.55. The maximum atomic E-state index is 13.9. The Morgan fingerprint density at radius 2 is 1.60 bits per heavy atom. The lowest BCUT2D eigenvalue weighted by Gasteiger charge is -2.39. The fourth-order valence-electron chi connectivity index (χ4n) is 5.31. The number of piperidine rings is 1. The van der Waals surface area contributed by atoms with Gasteiger partial charge in [-0.3, -0.25) is 9.59 Å². The highest BCUT2D eigenvalue weighted by Crippen LogP contribution is 2.41. The van der Waals surface area contributed by atoms with E-state index in [2.05, 4.69) is 0 Å². The number of rotatable bonds is 3. The summed E-state index contributed by atoms with van der Waals surface area (Å²) in [5.41, 5.74) is 1.46. The zero-order valence-electron chi connectivity index (χ0n) is 19.4. The summed E-state index contributed by atoms with van der Waals surface area (Å²) in [5.74, 6) is -4.40. The summed E-state index contributed by atoms with van der Waals surface area (Å²) in [6.07, 6.45) is 4.81. The summed E-state index contributed by atoms with van der Waals surface area (Å²) in [6.45, 7) is 2.38. The van der Waals surface area contributed by atoms with Crippen molar-refractivity contribution in [3.8, 4) is 0 Å². The van der Waals surface area contributed by atoms with Crippen molar-refractivity contribution in [2.24, 2.45) is 12.5 Å². The minimum atomic E-state index is -1.55. The van der Waals surface area contributed by atoms with Crippen LogP contribution in [-0.4, -0.2) is 52.4 Å². The van der Waals surface area contributed by atoms with E-state index in [1.54, 1.807) is 4.90 Å². The number of hydrogen-bond acceptors (Lipinski definition) is 2. The van der Waals surface area contributed by atoms with E-state index in [-0.39, 0.29) is 22.8 Å². The average molecular weight is 482 g/mol. The van der Waals surface area contributed by atoms with Crippen LogP contribution in [0.3, 0.4) is 0 Å². The van der Waals surface area contributed by atoms with Gasteiger partial charge < -0.3 is 14.4 Å². The smallest absolute Gasteiger partial charge is 0.270 e. The van der Waals surface area contributed by atoms with Crippen LogP contribution < -0.4 is 0 Å². The molecule has 0 aliphatic carbocycles. The Morgan fingerprint density at radius 3 is 2.31 bits per heavy atom. The van der Waals surface area contributed by atoms with Crippen molar-refractivity contribution in [2.45, 2.75) is 19.3 Å². The quantitative estimate of drug-likeness (QED) is 0.400. The van der Waals surface area contributed by atoms with Crippen molar-refractivity contribution in [1.82, 2.24) is 14.4 Å². The second-order valence-corrected chi connectivity index (χ2v) is 9.55. The number of fused-ring (bicyclic) bond motifs is 1. The number of amides is 2. The molecule has 2 aliphatic heterocycles. The molecule has 0 atom stereocenters. The van der Waals surface area contributed by atoms with Gasteiger partial charge in [-0.05, 0) is 55.0 Å². The minimum Gasteiger partial charge on any atom is -0.340 e. The molecule has 0 radical (unpaired) electrons. The molecule has 2 amide bonds. The van der Waals surface area contributed by atoms with Crippen LogP contribution in [0.4, 0.5) is 13.2 Å². The summed E-state index contributed by atoms with van der Waals surface area (Å²) >= 11 is 0. The number of carbonyl (C=O) groups excluding carboxylic acids is 2. The van der Waals surface area contributed by atoms with Gasteiger partial charge >= 0.3 is 0 Å². The Labute approximate surface area is 201 Å². The molecule has 35 heavy (non-hydrogen) atoms. The molecule has 3 heterocycles. The summed E-state index contributed by atoms with van der Waals surface area (Å²) in [7, 11) is 1.90. The lowest BCUT2D eigenvalue weighted by molar-refractivity contribution is -0.125. The van der Waals surface area contributed by atoms with Crippen molar-refractivity contribution in [1.29, 1.82) is 0 Å². The van der Waals surface area contributed by atoms with E-state index in [0.717, 1.165) is 42.3 Å². The molecule has 0 unspecified atom stereocenters. The summed E-state index contributed by atoms with van der Waals surface area (Å²) < 4.78 is 42.3. The van der Waals surface area contributed by atoms with Gasteiger partial charge in [0.05, 0.1) is 0 Å². The van der Waals surface area contributed by atoms with Gasteiger partial charge in [-0.15, -0.1) is 0 Å². The number of nitrogens with zero attached hydrogens (tertiary/aromatic N) is 3. The van der Waals surface area contributed by atoms with Crippen LogP contribution >= 0.6 is 0 Å². The normalized spacial score (nSPS) is 17.7. The zero-order chi connectivity index (χ0) is 24.7. The Morgan fingerprint density at radius 1 is 0.914 bits per heavy atom. The Bertz CT molecular complexity index is 1340. The summed E-state index contributed by atoms with van der Waals surface area (Å²) in [6, 6.07) is 11.8. The zero-order valence-corrected chi connectivity index (χ0v) is 19.4. The van der Waals surface area contributed by atoms with Gasteiger partial charge in [-0.1, -0.05) is 18.2 Å². The molecule has 0 N–H and O–H groups in total. The van der Waals surface area contributed by atoms with Gasteiger partial charge in [-0.2, -0.15) is 0 Å². The van der Waals surface area contributed by atoms with Crippen molar-refractivity contribution in [2.75, 3.05) is 26.2 Å². The van der Waals surface area contributed by atoms with E-state index < -0.39 is 17.5 Å². The highest BCUT2D eigenvalue weighted by Gasteiger charge is 2.42. The van der Waals surface area contributed by atoms with Gasteiger partial charge in [-0.25, -0.2) is 13.2 Å². The third-order valence-corrected chi connectivity index (χ3v) is 7.50. The second kappa shape index (κ2) is 8.91.